The van der Waals surface area contributed by atoms with Gasteiger partial charge in [-0.15, -0.1) is 0 Å². The smallest absolute Gasteiger partial charge is 0.0637 e. The number of hydrogen-bond donors (Lipinski definition) is 2. The first-order valence-corrected chi connectivity index (χ1v) is 6.69. The predicted octanol–water partition coefficient (Wildman–Crippen LogP) is 2.86. The van der Waals surface area contributed by atoms with Gasteiger partial charge in [0.2, 0.25) is 0 Å². The summed E-state index contributed by atoms with van der Waals surface area (Å²) in [5.41, 5.74) is 5.28. The molecule has 1 aromatic heterocycles. The topological polar surface area (TPSA) is 50.9 Å². The van der Waals surface area contributed by atoms with Crippen LogP contribution in [0.4, 0.5) is 0 Å². The van der Waals surface area contributed by atoms with Gasteiger partial charge in [-0.25, -0.2) is 0 Å². The van der Waals surface area contributed by atoms with Crippen LogP contribution in [0.5, 0.6) is 0 Å². The first-order valence-electron chi connectivity index (χ1n) is 6.69. The number of rotatable bonds is 4. The van der Waals surface area contributed by atoms with Crippen LogP contribution in [-0.2, 0) is 0 Å². The highest BCUT2D eigenvalue weighted by Gasteiger charge is 2.21. The summed E-state index contributed by atoms with van der Waals surface area (Å²) < 4.78 is 0. The van der Waals surface area contributed by atoms with Gasteiger partial charge < -0.3 is 0 Å². The standard InChI is InChI=1S/C14H23N3/c1-11-6-5-9-16-14(11)13(17-15)10-12-7-3-2-4-8-12/h5-6,9,12-13,17H,2-4,7-8,10,15H2,1H3. The molecule has 2 rings (SSSR count). The molecule has 0 spiro atoms. The second-order valence-corrected chi connectivity index (χ2v) is 5.16. The van der Waals surface area contributed by atoms with Crippen LogP contribution in [0.1, 0.15) is 55.8 Å². The van der Waals surface area contributed by atoms with E-state index in [1.165, 1.54) is 37.7 Å². The summed E-state index contributed by atoms with van der Waals surface area (Å²) in [5.74, 6) is 6.51. The van der Waals surface area contributed by atoms with Gasteiger partial charge in [0.05, 0.1) is 11.7 Å². The van der Waals surface area contributed by atoms with Gasteiger partial charge in [-0.3, -0.25) is 16.3 Å². The van der Waals surface area contributed by atoms with Gasteiger partial charge in [-0.1, -0.05) is 38.2 Å². The summed E-state index contributed by atoms with van der Waals surface area (Å²) in [6, 6.07) is 4.29. The van der Waals surface area contributed by atoms with E-state index in [4.69, 9.17) is 5.84 Å². The predicted molar refractivity (Wildman–Crippen MR) is 70.2 cm³/mol. The van der Waals surface area contributed by atoms with Crippen molar-refractivity contribution in [3.63, 3.8) is 0 Å². The van der Waals surface area contributed by atoms with Crippen molar-refractivity contribution in [2.45, 2.75) is 51.5 Å². The number of nitrogens with two attached hydrogens (primary N) is 1. The van der Waals surface area contributed by atoms with Crippen LogP contribution < -0.4 is 11.3 Å². The van der Waals surface area contributed by atoms with E-state index >= 15 is 0 Å². The van der Waals surface area contributed by atoms with Crippen LogP contribution in [-0.4, -0.2) is 4.98 Å². The molecule has 3 N–H and O–H groups in total. The second kappa shape index (κ2) is 6.12. The number of pyridine rings is 1. The first kappa shape index (κ1) is 12.5. The fourth-order valence-corrected chi connectivity index (χ4v) is 2.88. The molecule has 0 radical (unpaired) electrons. The first-order chi connectivity index (χ1) is 8.31. The zero-order chi connectivity index (χ0) is 12.1. The highest BCUT2D eigenvalue weighted by molar-refractivity contribution is 5.21. The Balaban J connectivity index is 2.03. The summed E-state index contributed by atoms with van der Waals surface area (Å²) in [6.07, 6.45) is 9.84. The molecule has 17 heavy (non-hydrogen) atoms. The zero-order valence-electron chi connectivity index (χ0n) is 10.7. The largest absolute Gasteiger partial charge is 0.271 e. The van der Waals surface area contributed by atoms with E-state index in [9.17, 15) is 0 Å². The van der Waals surface area contributed by atoms with Crippen LogP contribution in [0, 0.1) is 12.8 Å². The summed E-state index contributed by atoms with van der Waals surface area (Å²) in [5, 5.41) is 0. The van der Waals surface area contributed by atoms with Crippen LogP contribution in [0.3, 0.4) is 0 Å². The zero-order valence-corrected chi connectivity index (χ0v) is 10.7. The molecule has 3 nitrogen and oxygen atoms in total. The van der Waals surface area contributed by atoms with Crippen molar-refractivity contribution in [2.24, 2.45) is 11.8 Å². The minimum atomic E-state index is 0.208. The fourth-order valence-electron chi connectivity index (χ4n) is 2.88. The fraction of sp³-hybridized carbons (Fsp3) is 0.643. The maximum Gasteiger partial charge on any atom is 0.0637 e. The lowest BCUT2D eigenvalue weighted by Crippen LogP contribution is -2.31. The van der Waals surface area contributed by atoms with Crippen LogP contribution in [0.25, 0.3) is 0 Å². The molecule has 0 bridgehead atoms. The van der Waals surface area contributed by atoms with Gasteiger partial charge in [0.15, 0.2) is 0 Å². The van der Waals surface area contributed by atoms with E-state index in [0.717, 1.165) is 18.0 Å². The number of nitrogens with one attached hydrogen (secondary N) is 1. The van der Waals surface area contributed by atoms with E-state index in [1.807, 2.05) is 12.3 Å². The molecule has 94 valence electrons. The van der Waals surface area contributed by atoms with Crippen molar-refractivity contribution in [1.29, 1.82) is 0 Å². The van der Waals surface area contributed by atoms with Crippen molar-refractivity contribution in [3.05, 3.63) is 29.6 Å². The van der Waals surface area contributed by atoms with E-state index in [0.29, 0.717) is 0 Å². The molecule has 0 amide bonds. The quantitative estimate of drug-likeness (QED) is 0.621. The number of hydrogen-bond acceptors (Lipinski definition) is 3. The Kier molecular flexibility index (Phi) is 4.51. The number of hydrazine groups is 1. The maximum absolute atomic E-state index is 5.70. The molecule has 1 saturated carbocycles. The Morgan fingerprint density at radius 1 is 1.41 bits per heavy atom. The lowest BCUT2D eigenvalue weighted by molar-refractivity contribution is 0.298. The third-order valence-corrected chi connectivity index (χ3v) is 3.87. The molecule has 0 aliphatic heterocycles. The number of nitrogens with zero attached hydrogens (tertiary/aromatic N) is 1. The highest BCUT2D eigenvalue weighted by atomic mass is 15.2. The molecular weight excluding hydrogens is 210 g/mol. The van der Waals surface area contributed by atoms with Gasteiger partial charge >= 0.3 is 0 Å². The average molecular weight is 233 g/mol. The Labute approximate surface area is 104 Å². The van der Waals surface area contributed by atoms with E-state index in [-0.39, 0.29) is 6.04 Å². The lowest BCUT2D eigenvalue weighted by atomic mass is 9.84. The normalized spacial score (nSPS) is 19.2. The van der Waals surface area contributed by atoms with Gasteiger partial charge in [-0.05, 0) is 30.9 Å². The van der Waals surface area contributed by atoms with Gasteiger partial charge in [0.25, 0.3) is 0 Å². The Bertz CT molecular complexity index is 345. The van der Waals surface area contributed by atoms with E-state index < -0.39 is 0 Å². The SMILES string of the molecule is Cc1cccnc1C(CC1CCCCC1)NN. The van der Waals surface area contributed by atoms with Gasteiger partial charge in [0, 0.05) is 6.20 Å². The molecule has 0 aromatic carbocycles. The summed E-state index contributed by atoms with van der Waals surface area (Å²) in [4.78, 5) is 4.47. The van der Waals surface area contributed by atoms with Crippen molar-refractivity contribution < 1.29 is 0 Å². The van der Waals surface area contributed by atoms with Crippen LogP contribution in [0.15, 0.2) is 18.3 Å². The van der Waals surface area contributed by atoms with E-state index in [1.54, 1.807) is 0 Å². The monoisotopic (exact) mass is 233 g/mol. The van der Waals surface area contributed by atoms with Crippen LogP contribution >= 0.6 is 0 Å². The molecule has 1 unspecified atom stereocenters. The van der Waals surface area contributed by atoms with Crippen LogP contribution in [0.2, 0.25) is 0 Å². The molecule has 1 fully saturated rings. The number of aryl methyl sites for hydroxylation is 1. The average Bonchev–Trinajstić information content (AvgIpc) is 2.38. The Morgan fingerprint density at radius 3 is 2.82 bits per heavy atom. The summed E-state index contributed by atoms with van der Waals surface area (Å²) in [7, 11) is 0. The minimum Gasteiger partial charge on any atom is -0.271 e. The summed E-state index contributed by atoms with van der Waals surface area (Å²) >= 11 is 0. The third-order valence-electron chi connectivity index (χ3n) is 3.87. The lowest BCUT2D eigenvalue weighted by Gasteiger charge is -2.26. The molecule has 1 atom stereocenters. The Hall–Kier alpha value is -0.930. The van der Waals surface area contributed by atoms with Gasteiger partial charge in [-0.2, -0.15) is 0 Å². The molecule has 1 aliphatic rings. The molecular formula is C14H23N3. The van der Waals surface area contributed by atoms with Gasteiger partial charge in [0.1, 0.15) is 0 Å². The number of aromatic nitrogens is 1. The van der Waals surface area contributed by atoms with E-state index in [2.05, 4.69) is 23.4 Å². The molecule has 1 aromatic rings. The highest BCUT2D eigenvalue weighted by Crippen LogP contribution is 2.31. The molecule has 1 heterocycles. The molecule has 3 heteroatoms. The maximum atomic E-state index is 5.70. The minimum absolute atomic E-state index is 0.208. The van der Waals surface area contributed by atoms with Crippen molar-refractivity contribution in [1.82, 2.24) is 10.4 Å². The van der Waals surface area contributed by atoms with Crippen molar-refractivity contribution >= 4 is 0 Å². The molecule has 0 saturated heterocycles. The Morgan fingerprint density at radius 2 is 2.18 bits per heavy atom. The molecule has 1 aliphatic carbocycles. The second-order valence-electron chi connectivity index (χ2n) is 5.16. The van der Waals surface area contributed by atoms with Crippen molar-refractivity contribution in [2.75, 3.05) is 0 Å². The summed E-state index contributed by atoms with van der Waals surface area (Å²) in [6.45, 7) is 2.10. The van der Waals surface area contributed by atoms with Crippen molar-refractivity contribution in [3.8, 4) is 0 Å². The third kappa shape index (κ3) is 3.27.